The largest absolute Gasteiger partial charge is 0.497 e. The molecule has 30 heavy (non-hydrogen) atoms. The van der Waals surface area contributed by atoms with Crippen LogP contribution in [0, 0.1) is 0 Å². The van der Waals surface area contributed by atoms with Crippen LogP contribution in [0.15, 0.2) is 57.9 Å². The minimum Gasteiger partial charge on any atom is -0.497 e. The number of sulfonamides is 1. The zero-order valence-electron chi connectivity index (χ0n) is 16.8. The van der Waals surface area contributed by atoms with E-state index >= 15 is 0 Å². The lowest BCUT2D eigenvalue weighted by Gasteiger charge is -2.30. The molecule has 3 aromatic rings. The molecule has 4 rings (SSSR count). The highest BCUT2D eigenvalue weighted by Gasteiger charge is 2.33. The molecule has 1 aliphatic heterocycles. The van der Waals surface area contributed by atoms with Gasteiger partial charge in [0.15, 0.2) is 0 Å². The van der Waals surface area contributed by atoms with Gasteiger partial charge in [0.2, 0.25) is 21.7 Å². The molecule has 2 aromatic carbocycles. The van der Waals surface area contributed by atoms with E-state index in [1.165, 1.54) is 4.31 Å². The summed E-state index contributed by atoms with van der Waals surface area (Å²) >= 11 is 0. The molecule has 0 saturated carbocycles. The molecule has 158 valence electrons. The Bertz CT molecular complexity index is 1110. The molecule has 1 atom stereocenters. The Morgan fingerprint density at radius 3 is 2.57 bits per heavy atom. The minimum atomic E-state index is -3.61. The molecule has 0 aliphatic carbocycles. The van der Waals surface area contributed by atoms with Crippen molar-refractivity contribution in [2.24, 2.45) is 0 Å². The number of nitrogens with zero attached hydrogens (tertiary/aromatic N) is 3. The highest BCUT2D eigenvalue weighted by atomic mass is 32.2. The zero-order valence-corrected chi connectivity index (χ0v) is 17.6. The third-order valence-corrected chi connectivity index (χ3v) is 7.08. The molecule has 0 unspecified atom stereocenters. The fourth-order valence-corrected chi connectivity index (χ4v) is 5.06. The Morgan fingerprint density at radius 1 is 1.07 bits per heavy atom. The van der Waals surface area contributed by atoms with E-state index in [0.29, 0.717) is 36.3 Å². The molecule has 0 amide bonds. The molecule has 1 aliphatic rings. The molecule has 0 radical (unpaired) electrons. The number of rotatable bonds is 6. The molecule has 0 N–H and O–H groups in total. The van der Waals surface area contributed by atoms with Crippen LogP contribution in [0.2, 0.25) is 0 Å². The summed E-state index contributed by atoms with van der Waals surface area (Å²) in [5, 5.41) is 4.08. The summed E-state index contributed by atoms with van der Waals surface area (Å²) in [6.07, 6.45) is 1.51. The minimum absolute atomic E-state index is 0.154. The Balaban J connectivity index is 1.53. The third-order valence-electron chi connectivity index (χ3n) is 5.20. The van der Waals surface area contributed by atoms with Crippen molar-refractivity contribution in [3.05, 3.63) is 54.4 Å². The van der Waals surface area contributed by atoms with Gasteiger partial charge in [-0.05, 0) is 49.2 Å². The van der Waals surface area contributed by atoms with Crippen molar-refractivity contribution in [3.63, 3.8) is 0 Å². The molecular formula is C21H23N3O5S. The summed E-state index contributed by atoms with van der Waals surface area (Å²) in [5.41, 5.74) is 0.780. The lowest BCUT2D eigenvalue weighted by atomic mass is 10.00. The second-order valence-electron chi connectivity index (χ2n) is 7.07. The van der Waals surface area contributed by atoms with E-state index in [1.807, 2.05) is 24.3 Å². The molecule has 8 nitrogen and oxygen atoms in total. The van der Waals surface area contributed by atoms with Gasteiger partial charge in [0.25, 0.3) is 0 Å². The lowest BCUT2D eigenvalue weighted by Crippen LogP contribution is -2.39. The normalized spacial score (nSPS) is 17.6. The van der Waals surface area contributed by atoms with Gasteiger partial charge in [-0.2, -0.15) is 9.29 Å². The van der Waals surface area contributed by atoms with E-state index in [4.69, 9.17) is 14.0 Å². The maximum absolute atomic E-state index is 13.1. The molecule has 1 saturated heterocycles. The maximum atomic E-state index is 13.1. The molecule has 9 heteroatoms. The Labute approximate surface area is 175 Å². The van der Waals surface area contributed by atoms with E-state index in [2.05, 4.69) is 10.1 Å². The predicted octanol–water partition coefficient (Wildman–Crippen LogP) is 3.32. The summed E-state index contributed by atoms with van der Waals surface area (Å²) in [6, 6.07) is 13.8. The summed E-state index contributed by atoms with van der Waals surface area (Å²) in [4.78, 5) is 4.76. The second kappa shape index (κ2) is 8.45. The van der Waals surface area contributed by atoms with Crippen LogP contribution >= 0.6 is 0 Å². The summed E-state index contributed by atoms with van der Waals surface area (Å²) < 4.78 is 43.5. The molecule has 1 aromatic heterocycles. The van der Waals surface area contributed by atoms with Gasteiger partial charge >= 0.3 is 0 Å². The first-order valence-electron chi connectivity index (χ1n) is 9.63. The van der Waals surface area contributed by atoms with Crippen LogP contribution < -0.4 is 9.47 Å². The van der Waals surface area contributed by atoms with Crippen molar-refractivity contribution in [2.45, 2.75) is 23.7 Å². The average molecular weight is 429 g/mol. The number of hydrogen-bond donors (Lipinski definition) is 0. The van der Waals surface area contributed by atoms with E-state index in [-0.39, 0.29) is 10.8 Å². The van der Waals surface area contributed by atoms with Crippen molar-refractivity contribution >= 4 is 10.0 Å². The van der Waals surface area contributed by atoms with E-state index in [1.54, 1.807) is 38.5 Å². The highest BCUT2D eigenvalue weighted by Crippen LogP contribution is 2.31. The number of aromatic nitrogens is 2. The smallest absolute Gasteiger partial charge is 0.243 e. The topological polar surface area (TPSA) is 94.8 Å². The number of benzene rings is 2. The summed E-state index contributed by atoms with van der Waals surface area (Å²) in [7, 11) is -0.468. The number of piperidine rings is 1. The van der Waals surface area contributed by atoms with Gasteiger partial charge in [-0.25, -0.2) is 8.42 Å². The van der Waals surface area contributed by atoms with Crippen LogP contribution in [0.4, 0.5) is 0 Å². The number of ether oxygens (including phenoxy) is 2. The molecule has 1 fully saturated rings. The van der Waals surface area contributed by atoms with Gasteiger partial charge in [-0.3, -0.25) is 0 Å². The van der Waals surface area contributed by atoms with Crippen molar-refractivity contribution in [1.82, 2.24) is 14.4 Å². The van der Waals surface area contributed by atoms with E-state index in [0.717, 1.165) is 18.4 Å². The van der Waals surface area contributed by atoms with Crippen LogP contribution in [0.5, 0.6) is 11.5 Å². The average Bonchev–Trinajstić information content (AvgIpc) is 3.30. The monoisotopic (exact) mass is 429 g/mol. The van der Waals surface area contributed by atoms with Gasteiger partial charge in [0, 0.05) is 18.7 Å². The number of hydrogen-bond acceptors (Lipinski definition) is 7. The third kappa shape index (κ3) is 4.03. The van der Waals surface area contributed by atoms with Gasteiger partial charge in [-0.15, -0.1) is 0 Å². The zero-order chi connectivity index (χ0) is 21.1. The first kappa shape index (κ1) is 20.4. The van der Waals surface area contributed by atoms with Gasteiger partial charge in [0.1, 0.15) is 11.5 Å². The van der Waals surface area contributed by atoms with Gasteiger partial charge in [0.05, 0.1) is 25.0 Å². The van der Waals surface area contributed by atoms with Crippen molar-refractivity contribution in [1.29, 1.82) is 0 Å². The van der Waals surface area contributed by atoms with E-state index in [9.17, 15) is 8.42 Å². The van der Waals surface area contributed by atoms with E-state index < -0.39 is 10.0 Å². The molecular weight excluding hydrogens is 406 g/mol. The van der Waals surface area contributed by atoms with Crippen LogP contribution in [-0.2, 0) is 10.0 Å². The quantitative estimate of drug-likeness (QED) is 0.593. The SMILES string of the molecule is COc1ccc(S(=O)(=O)N2CCC[C@H](c3nc(-c4cccc(OC)c4)no3)C2)cc1. The molecule has 0 bridgehead atoms. The van der Waals surface area contributed by atoms with Crippen LogP contribution in [0.3, 0.4) is 0 Å². The van der Waals surface area contributed by atoms with Crippen molar-refractivity contribution in [2.75, 3.05) is 27.3 Å². The molecule has 0 spiro atoms. The first-order chi connectivity index (χ1) is 14.5. The van der Waals surface area contributed by atoms with Gasteiger partial charge in [-0.1, -0.05) is 17.3 Å². The number of methoxy groups -OCH3 is 2. The summed E-state index contributed by atoms with van der Waals surface area (Å²) in [5.74, 6) is 2.06. The highest BCUT2D eigenvalue weighted by molar-refractivity contribution is 7.89. The first-order valence-corrected chi connectivity index (χ1v) is 11.1. The standard InChI is InChI=1S/C21H23N3O5S/c1-27-17-8-10-19(11-9-17)30(25,26)24-12-4-6-16(14-24)21-22-20(23-29-21)15-5-3-7-18(13-15)28-2/h3,5,7-11,13,16H,4,6,12,14H2,1-2H3/t16-/m0/s1. The molecule has 2 heterocycles. The van der Waals surface area contributed by atoms with Crippen molar-refractivity contribution < 1.29 is 22.4 Å². The fourth-order valence-electron chi connectivity index (χ4n) is 3.54. The summed E-state index contributed by atoms with van der Waals surface area (Å²) in [6.45, 7) is 0.760. The Morgan fingerprint density at radius 2 is 1.83 bits per heavy atom. The predicted molar refractivity (Wildman–Crippen MR) is 110 cm³/mol. The Hall–Kier alpha value is -2.91. The maximum Gasteiger partial charge on any atom is 0.243 e. The lowest BCUT2D eigenvalue weighted by molar-refractivity contribution is 0.265. The van der Waals surface area contributed by atoms with Crippen LogP contribution in [0.25, 0.3) is 11.4 Å². The second-order valence-corrected chi connectivity index (χ2v) is 9.00. The van der Waals surface area contributed by atoms with Gasteiger partial charge < -0.3 is 14.0 Å². The fraction of sp³-hybridized carbons (Fsp3) is 0.333. The van der Waals surface area contributed by atoms with Crippen LogP contribution in [-0.4, -0.2) is 50.2 Å². The van der Waals surface area contributed by atoms with Crippen LogP contribution in [0.1, 0.15) is 24.7 Å². The Kier molecular flexibility index (Phi) is 5.74. The van der Waals surface area contributed by atoms with Crippen molar-refractivity contribution in [3.8, 4) is 22.9 Å².